The molecule has 6 nitrogen and oxygen atoms in total. The highest BCUT2D eigenvalue weighted by Crippen LogP contribution is 2.41. The number of nitrogens with zero attached hydrogens (tertiary/aromatic N) is 1. The van der Waals surface area contributed by atoms with Crippen molar-refractivity contribution < 1.29 is 18.7 Å². The first-order valence-electron chi connectivity index (χ1n) is 14.9. The largest absolute Gasteiger partial charge is 0.497 e. The minimum atomic E-state index is -0.258. The molecule has 216 valence electrons. The molecule has 1 heterocycles. The van der Waals surface area contributed by atoms with Crippen molar-refractivity contribution in [3.05, 3.63) is 89.2 Å². The maximum absolute atomic E-state index is 14.4. The highest BCUT2D eigenvalue weighted by atomic mass is 19.1. The zero-order valence-electron chi connectivity index (χ0n) is 24.0. The lowest BCUT2D eigenvalue weighted by Gasteiger charge is -2.35. The molecule has 2 N–H and O–H groups in total. The Hall–Kier alpha value is -3.87. The van der Waals surface area contributed by atoms with Crippen molar-refractivity contribution in [2.75, 3.05) is 37.0 Å². The van der Waals surface area contributed by atoms with Crippen molar-refractivity contribution in [1.82, 2.24) is 5.32 Å². The van der Waals surface area contributed by atoms with E-state index in [1.165, 1.54) is 12.5 Å². The summed E-state index contributed by atoms with van der Waals surface area (Å²) in [7, 11) is 1.58. The number of methoxy groups -OCH3 is 1. The number of benzene rings is 3. The molecular formula is C34H40FN3O3. The first-order chi connectivity index (χ1) is 20.0. The van der Waals surface area contributed by atoms with Crippen LogP contribution in [0.25, 0.3) is 0 Å². The van der Waals surface area contributed by atoms with E-state index in [4.69, 9.17) is 4.74 Å². The second-order valence-electron chi connectivity index (χ2n) is 11.1. The number of anilines is 2. The van der Waals surface area contributed by atoms with E-state index in [0.29, 0.717) is 37.4 Å². The van der Waals surface area contributed by atoms with Gasteiger partial charge in [0.15, 0.2) is 0 Å². The Labute approximate surface area is 242 Å². The van der Waals surface area contributed by atoms with Crippen LogP contribution < -0.4 is 20.3 Å². The van der Waals surface area contributed by atoms with Crippen LogP contribution in [0.1, 0.15) is 72.9 Å². The summed E-state index contributed by atoms with van der Waals surface area (Å²) in [5.74, 6) is 0.354. The van der Waals surface area contributed by atoms with Crippen LogP contribution in [0.4, 0.5) is 15.8 Å². The van der Waals surface area contributed by atoms with Crippen LogP contribution in [0.3, 0.4) is 0 Å². The summed E-state index contributed by atoms with van der Waals surface area (Å²) < 4.78 is 19.5. The van der Waals surface area contributed by atoms with Crippen LogP contribution in [0.2, 0.25) is 0 Å². The highest BCUT2D eigenvalue weighted by molar-refractivity contribution is 5.97. The van der Waals surface area contributed by atoms with Crippen molar-refractivity contribution in [2.45, 2.75) is 51.4 Å². The normalized spacial score (nSPS) is 17.3. The summed E-state index contributed by atoms with van der Waals surface area (Å²) >= 11 is 0. The maximum Gasteiger partial charge on any atom is 0.251 e. The van der Waals surface area contributed by atoms with Gasteiger partial charge in [0.1, 0.15) is 11.6 Å². The molecule has 1 fully saturated rings. The van der Waals surface area contributed by atoms with E-state index in [0.717, 1.165) is 48.2 Å². The molecule has 41 heavy (non-hydrogen) atoms. The lowest BCUT2D eigenvalue weighted by molar-refractivity contribution is -0.124. The standard InChI is InChI=1S/C34H40FN3O3/c1-3-38(32-15-8-7-14-28(32)30-22-37-31-17-16-25(35)21-29(30)31)34(40)27(23-10-5-4-6-11-23)18-19-36-33(39)24-12-9-13-26(20-24)41-2/h7-9,12-17,20-21,23,27,30,37H,3-6,10-11,18-19,22H2,1-2H3,(H,36,39). The van der Waals surface area contributed by atoms with Gasteiger partial charge >= 0.3 is 0 Å². The Morgan fingerprint density at radius 3 is 2.61 bits per heavy atom. The molecule has 0 radical (unpaired) electrons. The van der Waals surface area contributed by atoms with Gasteiger partial charge in [0.2, 0.25) is 5.91 Å². The van der Waals surface area contributed by atoms with Crippen molar-refractivity contribution in [3.8, 4) is 5.75 Å². The van der Waals surface area contributed by atoms with Gasteiger partial charge in [0.05, 0.1) is 7.11 Å². The minimum Gasteiger partial charge on any atom is -0.497 e. The van der Waals surface area contributed by atoms with Gasteiger partial charge in [0, 0.05) is 48.4 Å². The number of para-hydroxylation sites is 1. The molecule has 1 aliphatic heterocycles. The number of halogens is 1. The van der Waals surface area contributed by atoms with Gasteiger partial charge in [0.25, 0.3) is 5.91 Å². The van der Waals surface area contributed by atoms with E-state index < -0.39 is 0 Å². The number of carbonyl (C=O) groups is 2. The third-order valence-electron chi connectivity index (χ3n) is 8.68. The molecule has 0 spiro atoms. The minimum absolute atomic E-state index is 0.0472. The van der Waals surface area contributed by atoms with Gasteiger partial charge in [-0.05, 0) is 85.7 Å². The summed E-state index contributed by atoms with van der Waals surface area (Å²) in [6.45, 7) is 3.62. The Morgan fingerprint density at radius 2 is 1.83 bits per heavy atom. The smallest absolute Gasteiger partial charge is 0.251 e. The van der Waals surface area contributed by atoms with Gasteiger partial charge in [-0.2, -0.15) is 0 Å². The molecule has 2 atom stereocenters. The van der Waals surface area contributed by atoms with Crippen LogP contribution in [-0.4, -0.2) is 38.6 Å². The molecule has 0 saturated heterocycles. The van der Waals surface area contributed by atoms with E-state index >= 15 is 0 Å². The topological polar surface area (TPSA) is 70.7 Å². The fraction of sp³-hybridized carbons (Fsp3) is 0.412. The molecule has 0 bridgehead atoms. The number of fused-ring (bicyclic) bond motifs is 1. The van der Waals surface area contributed by atoms with Crippen LogP contribution in [0.5, 0.6) is 5.75 Å². The fourth-order valence-corrected chi connectivity index (χ4v) is 6.56. The third-order valence-corrected chi connectivity index (χ3v) is 8.68. The Balaban J connectivity index is 1.37. The molecule has 2 amide bonds. The van der Waals surface area contributed by atoms with Crippen LogP contribution in [0, 0.1) is 17.7 Å². The number of ether oxygens (including phenoxy) is 1. The number of rotatable bonds is 10. The second-order valence-corrected chi connectivity index (χ2v) is 11.1. The van der Waals surface area contributed by atoms with Gasteiger partial charge in [-0.25, -0.2) is 4.39 Å². The van der Waals surface area contributed by atoms with E-state index in [-0.39, 0.29) is 35.4 Å². The number of amides is 2. The van der Waals surface area contributed by atoms with Crippen LogP contribution in [0.15, 0.2) is 66.7 Å². The molecule has 3 aromatic carbocycles. The lowest BCUT2D eigenvalue weighted by atomic mass is 9.77. The first kappa shape index (κ1) is 28.7. The van der Waals surface area contributed by atoms with Crippen molar-refractivity contribution >= 4 is 23.2 Å². The number of nitrogens with one attached hydrogen (secondary N) is 2. The van der Waals surface area contributed by atoms with E-state index in [2.05, 4.69) is 16.7 Å². The molecule has 5 rings (SSSR count). The zero-order chi connectivity index (χ0) is 28.8. The van der Waals surface area contributed by atoms with E-state index in [1.54, 1.807) is 37.4 Å². The fourth-order valence-electron chi connectivity index (χ4n) is 6.56. The monoisotopic (exact) mass is 557 g/mol. The van der Waals surface area contributed by atoms with Gasteiger partial charge in [-0.15, -0.1) is 0 Å². The van der Waals surface area contributed by atoms with Crippen LogP contribution in [-0.2, 0) is 4.79 Å². The third kappa shape index (κ3) is 6.39. The molecule has 7 heteroatoms. The van der Waals surface area contributed by atoms with Gasteiger partial charge < -0.3 is 20.3 Å². The summed E-state index contributed by atoms with van der Waals surface area (Å²) in [5.41, 5.74) is 4.30. The quantitative estimate of drug-likeness (QED) is 0.289. The molecule has 2 unspecified atom stereocenters. The molecule has 1 aliphatic carbocycles. The predicted molar refractivity (Wildman–Crippen MR) is 161 cm³/mol. The summed E-state index contributed by atoms with van der Waals surface area (Å²) in [6, 6.07) is 20.0. The number of hydrogen-bond donors (Lipinski definition) is 2. The average Bonchev–Trinajstić information content (AvgIpc) is 3.43. The maximum atomic E-state index is 14.4. The van der Waals surface area contributed by atoms with E-state index in [9.17, 15) is 14.0 Å². The zero-order valence-corrected chi connectivity index (χ0v) is 24.0. The molecular weight excluding hydrogens is 517 g/mol. The average molecular weight is 558 g/mol. The van der Waals surface area contributed by atoms with Crippen molar-refractivity contribution in [3.63, 3.8) is 0 Å². The first-order valence-corrected chi connectivity index (χ1v) is 14.9. The Bertz CT molecular complexity index is 1370. The highest BCUT2D eigenvalue weighted by Gasteiger charge is 2.35. The second kappa shape index (κ2) is 13.2. The van der Waals surface area contributed by atoms with Crippen LogP contribution >= 0.6 is 0 Å². The Kier molecular flexibility index (Phi) is 9.22. The summed E-state index contributed by atoms with van der Waals surface area (Å²) in [4.78, 5) is 29.2. The van der Waals surface area contributed by atoms with Crippen molar-refractivity contribution in [1.29, 1.82) is 0 Å². The predicted octanol–water partition coefficient (Wildman–Crippen LogP) is 6.76. The SMILES string of the molecule is CCN(C(=O)C(CCNC(=O)c1cccc(OC)c1)C1CCCCC1)c1ccccc1C1CNc2ccc(F)cc21. The summed E-state index contributed by atoms with van der Waals surface area (Å²) in [6.07, 6.45) is 6.09. The van der Waals surface area contributed by atoms with Crippen molar-refractivity contribution in [2.24, 2.45) is 11.8 Å². The lowest BCUT2D eigenvalue weighted by Crippen LogP contribution is -2.42. The molecule has 2 aliphatic rings. The molecule has 1 saturated carbocycles. The molecule has 0 aromatic heterocycles. The molecule has 3 aromatic rings. The summed E-state index contributed by atoms with van der Waals surface area (Å²) in [5, 5.41) is 6.44. The Morgan fingerprint density at radius 1 is 1.02 bits per heavy atom. The van der Waals surface area contributed by atoms with Gasteiger partial charge in [-0.3, -0.25) is 9.59 Å². The van der Waals surface area contributed by atoms with E-state index in [1.807, 2.05) is 36.1 Å². The number of carbonyl (C=O) groups excluding carboxylic acids is 2. The van der Waals surface area contributed by atoms with Gasteiger partial charge in [-0.1, -0.05) is 43.5 Å². The number of hydrogen-bond acceptors (Lipinski definition) is 4.